The molecule has 0 bridgehead atoms. The van der Waals surface area contributed by atoms with E-state index >= 15 is 0 Å². The van der Waals surface area contributed by atoms with Crippen LogP contribution in [0.2, 0.25) is 0 Å². The minimum Gasteiger partial charge on any atom is -0.456 e. The van der Waals surface area contributed by atoms with E-state index in [2.05, 4.69) is 413 Å². The molecule has 0 aliphatic heterocycles. The maximum Gasteiger partial charge on any atom is 0.136 e. The fourth-order valence-electron chi connectivity index (χ4n) is 20.0. The molecule has 0 radical (unpaired) electrons. The Balaban J connectivity index is 0.476. The third-order valence-corrected chi connectivity index (χ3v) is 25.6. The summed E-state index contributed by atoms with van der Waals surface area (Å²) in [5.41, 5.74) is 31.2. The van der Waals surface area contributed by atoms with Crippen LogP contribution in [0.1, 0.15) is 0 Å². The Hall–Kier alpha value is -15.9. The molecular formula is C118H70O3. The molecule has 0 saturated carbocycles. The molecule has 121 heavy (non-hydrogen) atoms. The number of furan rings is 3. The first-order valence-corrected chi connectivity index (χ1v) is 41.6. The van der Waals surface area contributed by atoms with Gasteiger partial charge >= 0.3 is 0 Å². The summed E-state index contributed by atoms with van der Waals surface area (Å²) in [6, 6.07) is 156. The molecule has 0 unspecified atom stereocenters. The van der Waals surface area contributed by atoms with Crippen molar-refractivity contribution in [2.45, 2.75) is 0 Å². The third-order valence-electron chi connectivity index (χ3n) is 25.6. The first-order valence-electron chi connectivity index (χ1n) is 41.6. The predicted molar refractivity (Wildman–Crippen MR) is 511 cm³/mol. The molecule has 0 N–H and O–H groups in total. The first-order chi connectivity index (χ1) is 59.9. The van der Waals surface area contributed by atoms with Crippen molar-refractivity contribution >= 4 is 141 Å². The van der Waals surface area contributed by atoms with Gasteiger partial charge in [0.15, 0.2) is 0 Å². The average molecular weight is 1540 g/mol. The zero-order chi connectivity index (χ0) is 79.3. The van der Waals surface area contributed by atoms with Crippen LogP contribution in [-0.4, -0.2) is 0 Å². The second-order valence-corrected chi connectivity index (χ2v) is 32.3. The maximum atomic E-state index is 6.87. The first kappa shape index (κ1) is 68.3. The summed E-state index contributed by atoms with van der Waals surface area (Å²) >= 11 is 0. The molecule has 0 atom stereocenters. The van der Waals surface area contributed by atoms with Crippen LogP contribution >= 0.6 is 0 Å². The lowest BCUT2D eigenvalue weighted by atomic mass is 9.85. The van der Waals surface area contributed by atoms with Crippen molar-refractivity contribution in [1.82, 2.24) is 0 Å². The second kappa shape index (κ2) is 27.3. The van der Waals surface area contributed by atoms with Crippen molar-refractivity contribution < 1.29 is 13.3 Å². The van der Waals surface area contributed by atoms with E-state index in [0.29, 0.717) is 0 Å². The topological polar surface area (TPSA) is 39.4 Å². The summed E-state index contributed by atoms with van der Waals surface area (Å²) in [4.78, 5) is 0. The Morgan fingerprint density at radius 3 is 0.719 bits per heavy atom. The Kier molecular flexibility index (Phi) is 15.4. The second-order valence-electron chi connectivity index (χ2n) is 32.3. The fourth-order valence-corrected chi connectivity index (χ4v) is 20.0. The van der Waals surface area contributed by atoms with E-state index in [4.69, 9.17) is 13.3 Å². The normalized spacial score (nSPS) is 12.0. The van der Waals surface area contributed by atoms with Gasteiger partial charge in [0.1, 0.15) is 33.5 Å². The quantitative estimate of drug-likeness (QED) is 0.121. The van der Waals surface area contributed by atoms with Gasteiger partial charge in [0, 0.05) is 32.3 Å². The molecule has 3 nitrogen and oxygen atoms in total. The van der Waals surface area contributed by atoms with E-state index in [0.717, 1.165) is 110 Å². The molecule has 25 aromatic rings. The van der Waals surface area contributed by atoms with Crippen LogP contribution in [0, 0.1) is 0 Å². The molecule has 0 saturated heterocycles. The van der Waals surface area contributed by atoms with Gasteiger partial charge in [0.05, 0.1) is 0 Å². The molecule has 0 aliphatic carbocycles. The Labute approximate surface area is 696 Å². The van der Waals surface area contributed by atoms with Gasteiger partial charge in [0.25, 0.3) is 0 Å². The van der Waals surface area contributed by atoms with E-state index in [1.807, 2.05) is 12.1 Å². The van der Waals surface area contributed by atoms with Crippen molar-refractivity contribution in [1.29, 1.82) is 0 Å². The largest absolute Gasteiger partial charge is 0.456 e. The van der Waals surface area contributed by atoms with Crippen LogP contribution in [0.15, 0.2) is 438 Å². The highest BCUT2D eigenvalue weighted by Gasteiger charge is 2.24. The van der Waals surface area contributed by atoms with Crippen LogP contribution in [-0.2, 0) is 0 Å². The molecule has 3 aromatic heterocycles. The molecular weight excluding hydrogens is 1470 g/mol. The standard InChI is InChI=1S/C118H70O3/c1-2-19-71(20-3-1)78-21-18-22-85(65-78)115-102-32-12-14-34-104(102)118(105-35-15-13-33-103(105)115)87-55-60-92-91-58-53-84(67-109(91)121-111(92)69-87)82-52-51-80-63-79(49-50-81(80)64-82)74-43-47-77(48-44-74)114-96-26-6-10-30-100(96)117(101-31-11-7-27-97(101)114)88-56-61-93-106-66-83(57-62-108(106)120-112(93)70-88)75-39-37-72(38-40-75)73-41-45-76(46-42-73)113-94-24-4-8-28-98(94)116(99-29-9-5-25-95(99)113)86-54-59-90-89-23-16-17-36-107(89)119-110(90)68-86/h1-70H. The fraction of sp³-hybridized carbons (Fsp3) is 0. The Bertz CT molecular complexity index is 8440. The molecule has 560 valence electrons. The van der Waals surface area contributed by atoms with Crippen molar-refractivity contribution in [3.8, 4) is 122 Å². The summed E-state index contributed by atoms with van der Waals surface area (Å²) in [5, 5.41) is 23.6. The number of hydrogen-bond acceptors (Lipinski definition) is 3. The third kappa shape index (κ3) is 11.1. The lowest BCUT2D eigenvalue weighted by Gasteiger charge is -2.18. The van der Waals surface area contributed by atoms with Gasteiger partial charge in [-0.25, -0.2) is 0 Å². The van der Waals surface area contributed by atoms with Crippen LogP contribution in [0.25, 0.3) is 264 Å². The number of benzene rings is 22. The SMILES string of the molecule is c1ccc(-c2cccc(-c3c4ccccc4c(-c4ccc5c(c4)oc4cc(-c6ccc7cc(-c8ccc(-c9c%10ccccc%10c(-c%10ccc%11c(c%10)oc%10ccc(-c%12ccc(-c%13ccc(-c%14c%15ccccc%15c(-c%15ccc%16c(c%15)oc%15ccccc%15%16)c%15ccccc%14%15)cc%13)cc%12)cc%10%11)c%10ccccc9%10)cc8)ccc7c6)ccc45)c4ccccc34)c2)cc1. The highest BCUT2D eigenvalue weighted by Crippen LogP contribution is 2.51. The lowest BCUT2D eigenvalue weighted by Crippen LogP contribution is -1.91. The Morgan fingerprint density at radius 2 is 0.314 bits per heavy atom. The van der Waals surface area contributed by atoms with E-state index in [1.54, 1.807) is 0 Å². The lowest BCUT2D eigenvalue weighted by molar-refractivity contribution is 0.668. The smallest absolute Gasteiger partial charge is 0.136 e. The number of hydrogen-bond donors (Lipinski definition) is 0. The maximum absolute atomic E-state index is 6.87. The molecule has 25 rings (SSSR count). The highest BCUT2D eigenvalue weighted by molar-refractivity contribution is 6.26. The van der Waals surface area contributed by atoms with Gasteiger partial charge in [0.2, 0.25) is 0 Å². The Morgan fingerprint density at radius 1 is 0.0992 bits per heavy atom. The number of rotatable bonds is 11. The highest BCUT2D eigenvalue weighted by atomic mass is 16.3. The van der Waals surface area contributed by atoms with Gasteiger partial charge < -0.3 is 13.3 Å². The van der Waals surface area contributed by atoms with E-state index in [-0.39, 0.29) is 0 Å². The minimum atomic E-state index is 0.864. The summed E-state index contributed by atoms with van der Waals surface area (Å²) in [6.07, 6.45) is 0. The zero-order valence-electron chi connectivity index (χ0n) is 65.6. The van der Waals surface area contributed by atoms with Gasteiger partial charge in [-0.05, 0) is 283 Å². The van der Waals surface area contributed by atoms with Crippen LogP contribution in [0.4, 0.5) is 0 Å². The van der Waals surface area contributed by atoms with Crippen molar-refractivity contribution in [3.63, 3.8) is 0 Å². The molecule has 3 heterocycles. The average Bonchev–Trinajstić information content (AvgIpc) is 1.10. The van der Waals surface area contributed by atoms with Crippen molar-refractivity contribution in [2.24, 2.45) is 0 Å². The summed E-state index contributed by atoms with van der Waals surface area (Å²) in [6.45, 7) is 0. The molecule has 0 amide bonds. The van der Waals surface area contributed by atoms with Crippen LogP contribution < -0.4 is 0 Å². The molecule has 0 spiro atoms. The summed E-state index contributed by atoms with van der Waals surface area (Å²) < 4.78 is 20.1. The van der Waals surface area contributed by atoms with Gasteiger partial charge in [-0.1, -0.05) is 340 Å². The van der Waals surface area contributed by atoms with Crippen molar-refractivity contribution in [2.75, 3.05) is 0 Å². The van der Waals surface area contributed by atoms with E-state index in [1.165, 1.54) is 153 Å². The number of para-hydroxylation sites is 1. The minimum absolute atomic E-state index is 0.864. The summed E-state index contributed by atoms with van der Waals surface area (Å²) in [5.74, 6) is 0. The van der Waals surface area contributed by atoms with Crippen LogP contribution in [0.3, 0.4) is 0 Å². The van der Waals surface area contributed by atoms with Crippen LogP contribution in [0.5, 0.6) is 0 Å². The molecule has 3 heteroatoms. The van der Waals surface area contributed by atoms with Gasteiger partial charge in [-0.15, -0.1) is 0 Å². The predicted octanol–water partition coefficient (Wildman–Crippen LogP) is 33.8. The van der Waals surface area contributed by atoms with E-state index in [9.17, 15) is 0 Å². The molecule has 0 fully saturated rings. The summed E-state index contributed by atoms with van der Waals surface area (Å²) in [7, 11) is 0. The molecule has 22 aromatic carbocycles. The van der Waals surface area contributed by atoms with E-state index < -0.39 is 0 Å². The zero-order valence-corrected chi connectivity index (χ0v) is 65.6. The monoisotopic (exact) mass is 1530 g/mol. The van der Waals surface area contributed by atoms with Gasteiger partial charge in [-0.3, -0.25) is 0 Å². The van der Waals surface area contributed by atoms with Crippen molar-refractivity contribution in [3.05, 3.63) is 425 Å². The van der Waals surface area contributed by atoms with Gasteiger partial charge in [-0.2, -0.15) is 0 Å². The number of fused-ring (bicyclic) bond motifs is 16. The molecule has 0 aliphatic rings.